The number of rotatable bonds is 5. The van der Waals surface area contributed by atoms with Gasteiger partial charge in [0, 0.05) is 18.8 Å². The molecule has 1 saturated heterocycles. The van der Waals surface area contributed by atoms with Gasteiger partial charge in [0.25, 0.3) is 0 Å². The van der Waals surface area contributed by atoms with Crippen LogP contribution in [0.15, 0.2) is 18.2 Å². The topological polar surface area (TPSA) is 52.6 Å². The van der Waals surface area contributed by atoms with Crippen molar-refractivity contribution in [3.05, 3.63) is 28.8 Å². The summed E-state index contributed by atoms with van der Waals surface area (Å²) in [6, 6.07) is 5.00. The molecule has 0 aliphatic carbocycles. The zero-order valence-corrected chi connectivity index (χ0v) is 10.9. The maximum atomic E-state index is 10.9. The molecule has 5 heteroatoms. The Labute approximate surface area is 112 Å². The van der Waals surface area contributed by atoms with Crippen LogP contribution in [0.25, 0.3) is 0 Å². The molecule has 0 amide bonds. The summed E-state index contributed by atoms with van der Waals surface area (Å²) in [5.41, 5.74) is 0.943. The Kier molecular flexibility index (Phi) is 4.44. The molecule has 1 aliphatic rings. The number of aromatic carboxylic acids is 1. The van der Waals surface area contributed by atoms with Crippen LogP contribution in [0.2, 0.25) is 5.02 Å². The second-order valence-corrected chi connectivity index (χ2v) is 4.88. The molecule has 0 unspecified atom stereocenters. The van der Waals surface area contributed by atoms with Crippen molar-refractivity contribution in [2.75, 3.05) is 31.5 Å². The van der Waals surface area contributed by atoms with Gasteiger partial charge in [0.2, 0.25) is 0 Å². The van der Waals surface area contributed by atoms with Crippen molar-refractivity contribution < 1.29 is 9.90 Å². The number of benzene rings is 1. The summed E-state index contributed by atoms with van der Waals surface area (Å²) < 4.78 is 0. The number of carboxylic acid groups (broad SMARTS) is 1. The Morgan fingerprint density at radius 2 is 2.11 bits per heavy atom. The third-order valence-corrected chi connectivity index (χ3v) is 3.48. The highest BCUT2D eigenvalue weighted by Gasteiger charge is 2.11. The van der Waals surface area contributed by atoms with E-state index in [9.17, 15) is 4.79 Å². The minimum atomic E-state index is -0.997. The number of likely N-dealkylation sites (tertiary alicyclic amines) is 1. The van der Waals surface area contributed by atoms with Gasteiger partial charge in [-0.2, -0.15) is 0 Å². The molecule has 4 nitrogen and oxygen atoms in total. The Bertz CT molecular complexity index is 431. The molecular weight excluding hydrogens is 252 g/mol. The van der Waals surface area contributed by atoms with Gasteiger partial charge in [0.15, 0.2) is 0 Å². The van der Waals surface area contributed by atoms with Crippen molar-refractivity contribution in [2.24, 2.45) is 0 Å². The molecule has 2 N–H and O–H groups in total. The van der Waals surface area contributed by atoms with Crippen LogP contribution in [0.3, 0.4) is 0 Å². The molecule has 0 radical (unpaired) electrons. The average Bonchev–Trinajstić information content (AvgIpc) is 2.84. The van der Waals surface area contributed by atoms with Crippen LogP contribution >= 0.6 is 11.6 Å². The highest BCUT2D eigenvalue weighted by atomic mass is 35.5. The fraction of sp³-hybridized carbons (Fsp3) is 0.462. The summed E-state index contributed by atoms with van der Waals surface area (Å²) in [5.74, 6) is -0.997. The van der Waals surface area contributed by atoms with E-state index in [1.54, 1.807) is 18.2 Å². The number of anilines is 1. The molecule has 1 aromatic carbocycles. The monoisotopic (exact) mass is 268 g/mol. The first kappa shape index (κ1) is 13.2. The number of hydrogen-bond donors (Lipinski definition) is 2. The normalized spacial score (nSPS) is 15.8. The summed E-state index contributed by atoms with van der Waals surface area (Å²) in [6.45, 7) is 4.15. The van der Waals surface area contributed by atoms with Crippen molar-refractivity contribution in [3.63, 3.8) is 0 Å². The van der Waals surface area contributed by atoms with Gasteiger partial charge in [-0.25, -0.2) is 4.79 Å². The van der Waals surface area contributed by atoms with Crippen molar-refractivity contribution in [3.8, 4) is 0 Å². The van der Waals surface area contributed by atoms with Gasteiger partial charge in [-0.3, -0.25) is 0 Å². The predicted molar refractivity (Wildman–Crippen MR) is 72.6 cm³/mol. The van der Waals surface area contributed by atoms with Gasteiger partial charge in [-0.15, -0.1) is 0 Å². The Hall–Kier alpha value is -1.26. The average molecular weight is 269 g/mol. The molecule has 18 heavy (non-hydrogen) atoms. The standard InChI is InChI=1S/C13H17ClN2O2/c14-12-4-3-10(9-11(12)13(17)18)15-5-8-16-6-1-2-7-16/h3-4,9,15H,1-2,5-8H2,(H,17,18). The molecule has 1 fully saturated rings. The molecular formula is C13H17ClN2O2. The summed E-state index contributed by atoms with van der Waals surface area (Å²) >= 11 is 5.81. The van der Waals surface area contributed by atoms with E-state index < -0.39 is 5.97 Å². The zero-order chi connectivity index (χ0) is 13.0. The number of carbonyl (C=O) groups is 1. The van der Waals surface area contributed by atoms with Gasteiger partial charge < -0.3 is 15.3 Å². The number of hydrogen-bond acceptors (Lipinski definition) is 3. The maximum absolute atomic E-state index is 10.9. The van der Waals surface area contributed by atoms with Crippen LogP contribution in [0.5, 0.6) is 0 Å². The van der Waals surface area contributed by atoms with Gasteiger partial charge in [-0.05, 0) is 44.1 Å². The largest absolute Gasteiger partial charge is 0.478 e. The second kappa shape index (κ2) is 6.07. The van der Waals surface area contributed by atoms with Crippen LogP contribution in [-0.4, -0.2) is 42.2 Å². The first-order valence-electron chi connectivity index (χ1n) is 6.16. The molecule has 0 atom stereocenters. The lowest BCUT2D eigenvalue weighted by Gasteiger charge is -2.15. The fourth-order valence-corrected chi connectivity index (χ4v) is 2.36. The number of carboxylic acids is 1. The molecule has 2 rings (SSSR count). The van der Waals surface area contributed by atoms with E-state index in [2.05, 4.69) is 10.2 Å². The van der Waals surface area contributed by atoms with Gasteiger partial charge in [0.05, 0.1) is 10.6 Å². The Morgan fingerprint density at radius 1 is 1.39 bits per heavy atom. The van der Waals surface area contributed by atoms with Crippen molar-refractivity contribution in [1.82, 2.24) is 4.90 Å². The predicted octanol–water partition coefficient (Wildman–Crippen LogP) is 2.55. The van der Waals surface area contributed by atoms with E-state index in [1.165, 1.54) is 25.9 Å². The summed E-state index contributed by atoms with van der Waals surface area (Å²) in [5, 5.41) is 12.5. The number of halogens is 1. The van der Waals surface area contributed by atoms with Crippen LogP contribution in [0, 0.1) is 0 Å². The van der Waals surface area contributed by atoms with E-state index >= 15 is 0 Å². The lowest BCUT2D eigenvalue weighted by Crippen LogP contribution is -2.25. The fourth-order valence-electron chi connectivity index (χ4n) is 2.16. The molecule has 1 heterocycles. The molecule has 0 saturated carbocycles. The first-order valence-corrected chi connectivity index (χ1v) is 6.53. The maximum Gasteiger partial charge on any atom is 0.337 e. The van der Waals surface area contributed by atoms with E-state index in [0.717, 1.165) is 18.8 Å². The molecule has 1 aliphatic heterocycles. The van der Waals surface area contributed by atoms with Crippen molar-refractivity contribution in [1.29, 1.82) is 0 Å². The Morgan fingerprint density at radius 3 is 2.78 bits per heavy atom. The minimum absolute atomic E-state index is 0.142. The molecule has 0 bridgehead atoms. The highest BCUT2D eigenvalue weighted by molar-refractivity contribution is 6.33. The summed E-state index contributed by atoms with van der Waals surface area (Å²) in [7, 11) is 0. The lowest BCUT2D eigenvalue weighted by molar-refractivity contribution is 0.0697. The molecule has 98 valence electrons. The zero-order valence-electron chi connectivity index (χ0n) is 10.2. The van der Waals surface area contributed by atoms with E-state index in [4.69, 9.17) is 16.7 Å². The molecule has 0 spiro atoms. The highest BCUT2D eigenvalue weighted by Crippen LogP contribution is 2.20. The van der Waals surface area contributed by atoms with Gasteiger partial charge in [0.1, 0.15) is 0 Å². The third-order valence-electron chi connectivity index (χ3n) is 3.15. The molecule has 1 aromatic rings. The quantitative estimate of drug-likeness (QED) is 0.862. The van der Waals surface area contributed by atoms with E-state index in [1.807, 2.05) is 0 Å². The molecule has 0 aromatic heterocycles. The van der Waals surface area contributed by atoms with Crippen LogP contribution < -0.4 is 5.32 Å². The van der Waals surface area contributed by atoms with Crippen molar-refractivity contribution in [2.45, 2.75) is 12.8 Å². The summed E-state index contributed by atoms with van der Waals surface area (Å²) in [4.78, 5) is 13.3. The SMILES string of the molecule is O=C(O)c1cc(NCCN2CCCC2)ccc1Cl. The number of nitrogens with one attached hydrogen (secondary N) is 1. The minimum Gasteiger partial charge on any atom is -0.478 e. The van der Waals surface area contributed by atoms with Gasteiger partial charge >= 0.3 is 5.97 Å². The lowest BCUT2D eigenvalue weighted by atomic mass is 10.2. The Balaban J connectivity index is 1.88. The van der Waals surface area contributed by atoms with Crippen LogP contribution in [0.1, 0.15) is 23.2 Å². The second-order valence-electron chi connectivity index (χ2n) is 4.48. The third kappa shape index (κ3) is 3.37. The van der Waals surface area contributed by atoms with Crippen LogP contribution in [0.4, 0.5) is 5.69 Å². The summed E-state index contributed by atoms with van der Waals surface area (Å²) in [6.07, 6.45) is 2.56. The van der Waals surface area contributed by atoms with Gasteiger partial charge in [-0.1, -0.05) is 11.6 Å². The van der Waals surface area contributed by atoms with E-state index in [0.29, 0.717) is 0 Å². The van der Waals surface area contributed by atoms with Crippen LogP contribution in [-0.2, 0) is 0 Å². The smallest absolute Gasteiger partial charge is 0.337 e. The first-order chi connectivity index (χ1) is 8.66. The number of nitrogens with zero attached hydrogens (tertiary/aromatic N) is 1. The van der Waals surface area contributed by atoms with E-state index in [-0.39, 0.29) is 10.6 Å². The van der Waals surface area contributed by atoms with Crippen molar-refractivity contribution >= 4 is 23.3 Å².